The molecule has 110 valence electrons. The topological polar surface area (TPSA) is 89.3 Å². The molecule has 7 heteroatoms. The van der Waals surface area contributed by atoms with Gasteiger partial charge in [0.15, 0.2) is 9.84 Å². The molecular formula is C14H13BrN2O3S. The summed E-state index contributed by atoms with van der Waals surface area (Å²) in [6, 6.07) is 10.9. The lowest BCUT2D eigenvalue weighted by Crippen LogP contribution is -2.12. The van der Waals surface area contributed by atoms with Gasteiger partial charge in [-0.05, 0) is 52.3 Å². The van der Waals surface area contributed by atoms with Crippen LogP contribution in [0.5, 0.6) is 0 Å². The molecule has 1 amide bonds. The van der Waals surface area contributed by atoms with E-state index in [2.05, 4.69) is 21.2 Å². The molecule has 3 N–H and O–H groups in total. The van der Waals surface area contributed by atoms with Crippen molar-refractivity contribution in [3.05, 3.63) is 52.5 Å². The molecule has 0 heterocycles. The normalized spacial score (nSPS) is 11.1. The lowest BCUT2D eigenvalue weighted by molar-refractivity contribution is 0.102. The number of halogens is 1. The minimum Gasteiger partial charge on any atom is -0.398 e. The number of nitrogens with one attached hydrogen (secondary N) is 1. The second-order valence-electron chi connectivity index (χ2n) is 4.49. The molecule has 2 aromatic rings. The van der Waals surface area contributed by atoms with Crippen LogP contribution in [0.15, 0.2) is 51.8 Å². The Morgan fingerprint density at radius 2 is 1.90 bits per heavy atom. The average Bonchev–Trinajstić information content (AvgIpc) is 2.42. The molecule has 0 fully saturated rings. The fraction of sp³-hybridized carbons (Fsp3) is 0.0714. The van der Waals surface area contributed by atoms with Gasteiger partial charge < -0.3 is 11.1 Å². The number of carbonyl (C=O) groups is 1. The van der Waals surface area contributed by atoms with Crippen LogP contribution in [0.25, 0.3) is 0 Å². The second kappa shape index (κ2) is 5.87. The number of hydrogen-bond acceptors (Lipinski definition) is 4. The van der Waals surface area contributed by atoms with Gasteiger partial charge in [-0.2, -0.15) is 0 Å². The van der Waals surface area contributed by atoms with E-state index < -0.39 is 15.7 Å². The standard InChI is InChI=1S/C14H13BrN2O3S/c1-21(19,20)11-4-2-3-9(7-11)14(18)17-10-5-6-12(15)13(16)8-10/h2-8H,16H2,1H3,(H,17,18). The number of sulfone groups is 1. The molecule has 0 unspecified atom stereocenters. The van der Waals surface area contributed by atoms with Crippen LogP contribution >= 0.6 is 15.9 Å². The maximum absolute atomic E-state index is 12.1. The Kier molecular flexibility index (Phi) is 4.34. The second-order valence-corrected chi connectivity index (χ2v) is 7.36. The SMILES string of the molecule is CS(=O)(=O)c1cccc(C(=O)Nc2ccc(Br)c(N)c2)c1. The van der Waals surface area contributed by atoms with Gasteiger partial charge in [0.1, 0.15) is 0 Å². The summed E-state index contributed by atoms with van der Waals surface area (Å²) in [5.41, 5.74) is 7.03. The average molecular weight is 369 g/mol. The fourth-order valence-corrected chi connectivity index (χ4v) is 2.61. The lowest BCUT2D eigenvalue weighted by atomic mass is 10.2. The van der Waals surface area contributed by atoms with Crippen LogP contribution in [-0.2, 0) is 9.84 Å². The molecule has 21 heavy (non-hydrogen) atoms. The summed E-state index contributed by atoms with van der Waals surface area (Å²) in [4.78, 5) is 12.2. The van der Waals surface area contributed by atoms with E-state index in [1.807, 2.05) is 0 Å². The Morgan fingerprint density at radius 1 is 1.19 bits per heavy atom. The summed E-state index contributed by atoms with van der Waals surface area (Å²) in [5.74, 6) is -0.401. The monoisotopic (exact) mass is 368 g/mol. The summed E-state index contributed by atoms with van der Waals surface area (Å²) < 4.78 is 23.7. The zero-order valence-electron chi connectivity index (χ0n) is 11.1. The van der Waals surface area contributed by atoms with E-state index in [0.29, 0.717) is 11.4 Å². The lowest BCUT2D eigenvalue weighted by Gasteiger charge is -2.08. The summed E-state index contributed by atoms with van der Waals surface area (Å²) in [5, 5.41) is 2.67. The number of rotatable bonds is 3. The minimum absolute atomic E-state index is 0.102. The number of nitrogens with two attached hydrogens (primary N) is 1. The highest BCUT2D eigenvalue weighted by molar-refractivity contribution is 9.10. The van der Waals surface area contributed by atoms with Crippen LogP contribution in [0.2, 0.25) is 0 Å². The first-order chi connectivity index (χ1) is 9.77. The van der Waals surface area contributed by atoms with Gasteiger partial charge in [-0.1, -0.05) is 6.07 Å². The Morgan fingerprint density at radius 3 is 2.52 bits per heavy atom. The predicted octanol–water partition coefficient (Wildman–Crippen LogP) is 2.69. The van der Waals surface area contributed by atoms with Crippen molar-refractivity contribution in [1.29, 1.82) is 0 Å². The maximum Gasteiger partial charge on any atom is 0.255 e. The van der Waals surface area contributed by atoms with E-state index in [9.17, 15) is 13.2 Å². The third-order valence-corrected chi connectivity index (χ3v) is 4.61. The van der Waals surface area contributed by atoms with E-state index in [-0.39, 0.29) is 10.5 Å². The molecule has 2 rings (SSSR count). The van der Waals surface area contributed by atoms with E-state index in [1.165, 1.54) is 18.2 Å². The number of anilines is 2. The zero-order valence-corrected chi connectivity index (χ0v) is 13.5. The van der Waals surface area contributed by atoms with Crippen LogP contribution < -0.4 is 11.1 Å². The number of hydrogen-bond donors (Lipinski definition) is 2. The highest BCUT2D eigenvalue weighted by atomic mass is 79.9. The van der Waals surface area contributed by atoms with Crippen LogP contribution in [0.4, 0.5) is 11.4 Å². The molecule has 0 saturated heterocycles. The molecule has 0 aromatic heterocycles. The number of amides is 1. The molecule has 2 aromatic carbocycles. The summed E-state index contributed by atoms with van der Waals surface area (Å²) >= 11 is 3.27. The first-order valence-electron chi connectivity index (χ1n) is 5.94. The van der Waals surface area contributed by atoms with Crippen molar-refractivity contribution in [2.24, 2.45) is 0 Å². The first kappa shape index (κ1) is 15.5. The van der Waals surface area contributed by atoms with Crippen molar-refractivity contribution < 1.29 is 13.2 Å². The van der Waals surface area contributed by atoms with Crippen molar-refractivity contribution in [1.82, 2.24) is 0 Å². The molecule has 0 aliphatic carbocycles. The maximum atomic E-state index is 12.1. The van der Waals surface area contributed by atoms with Gasteiger partial charge in [0, 0.05) is 27.7 Å². The predicted molar refractivity (Wildman–Crippen MR) is 86.1 cm³/mol. The van der Waals surface area contributed by atoms with E-state index in [4.69, 9.17) is 5.73 Å². The highest BCUT2D eigenvalue weighted by Gasteiger charge is 2.12. The van der Waals surface area contributed by atoms with Crippen molar-refractivity contribution in [2.75, 3.05) is 17.3 Å². The van der Waals surface area contributed by atoms with Gasteiger partial charge in [0.05, 0.1) is 4.90 Å². The largest absolute Gasteiger partial charge is 0.398 e. The molecule has 5 nitrogen and oxygen atoms in total. The van der Waals surface area contributed by atoms with Crippen LogP contribution in [0.3, 0.4) is 0 Å². The van der Waals surface area contributed by atoms with Gasteiger partial charge in [-0.25, -0.2) is 8.42 Å². The fourth-order valence-electron chi connectivity index (χ4n) is 1.69. The highest BCUT2D eigenvalue weighted by Crippen LogP contribution is 2.23. The van der Waals surface area contributed by atoms with Gasteiger partial charge in [-0.15, -0.1) is 0 Å². The summed E-state index contributed by atoms with van der Waals surface area (Å²) in [6.45, 7) is 0. The van der Waals surface area contributed by atoms with Gasteiger partial charge in [0.25, 0.3) is 5.91 Å². The quantitative estimate of drug-likeness (QED) is 0.815. The van der Waals surface area contributed by atoms with Crippen LogP contribution in [0, 0.1) is 0 Å². The molecule has 0 spiro atoms. The van der Waals surface area contributed by atoms with Crippen LogP contribution in [0.1, 0.15) is 10.4 Å². The van der Waals surface area contributed by atoms with Crippen molar-refractivity contribution >= 4 is 43.0 Å². The zero-order chi connectivity index (χ0) is 15.6. The van der Waals surface area contributed by atoms with Gasteiger partial charge in [0.2, 0.25) is 0 Å². The van der Waals surface area contributed by atoms with E-state index in [1.54, 1.807) is 24.3 Å². The van der Waals surface area contributed by atoms with Gasteiger partial charge >= 0.3 is 0 Å². The number of nitrogen functional groups attached to an aromatic ring is 1. The van der Waals surface area contributed by atoms with Crippen molar-refractivity contribution in [2.45, 2.75) is 4.90 Å². The molecule has 0 aliphatic heterocycles. The number of benzene rings is 2. The smallest absolute Gasteiger partial charge is 0.255 e. The van der Waals surface area contributed by atoms with Crippen molar-refractivity contribution in [3.63, 3.8) is 0 Å². The van der Waals surface area contributed by atoms with Gasteiger partial charge in [-0.3, -0.25) is 4.79 Å². The molecule has 0 aliphatic rings. The summed E-state index contributed by atoms with van der Waals surface area (Å²) in [6.07, 6.45) is 1.10. The Bertz CT molecular complexity index is 804. The van der Waals surface area contributed by atoms with E-state index in [0.717, 1.165) is 10.7 Å². The Balaban J connectivity index is 2.26. The Hall–Kier alpha value is -1.86. The van der Waals surface area contributed by atoms with Crippen molar-refractivity contribution in [3.8, 4) is 0 Å². The summed E-state index contributed by atoms with van der Waals surface area (Å²) in [7, 11) is -3.35. The molecule has 0 saturated carbocycles. The molecule has 0 radical (unpaired) electrons. The molecule has 0 bridgehead atoms. The number of carbonyl (C=O) groups excluding carboxylic acids is 1. The molecule has 0 atom stereocenters. The molecular weight excluding hydrogens is 356 g/mol. The third kappa shape index (κ3) is 3.83. The third-order valence-electron chi connectivity index (χ3n) is 2.78. The minimum atomic E-state index is -3.35. The Labute approximate surface area is 131 Å². The first-order valence-corrected chi connectivity index (χ1v) is 8.62. The van der Waals surface area contributed by atoms with Crippen LogP contribution in [-0.4, -0.2) is 20.6 Å². The van der Waals surface area contributed by atoms with E-state index >= 15 is 0 Å².